The molecule has 0 spiro atoms. The van der Waals surface area contributed by atoms with Gasteiger partial charge in [0.15, 0.2) is 0 Å². The maximum Gasteiger partial charge on any atom is 0.319 e. The van der Waals surface area contributed by atoms with Crippen LogP contribution in [0.3, 0.4) is 0 Å². The van der Waals surface area contributed by atoms with Gasteiger partial charge in [0.25, 0.3) is 0 Å². The van der Waals surface area contributed by atoms with Gasteiger partial charge in [0, 0.05) is 35.6 Å². The average Bonchev–Trinajstić information content (AvgIpc) is 3.09. The zero-order chi connectivity index (χ0) is 19.2. The highest BCUT2D eigenvalue weighted by molar-refractivity contribution is 6.30. The number of halogens is 1. The summed E-state index contributed by atoms with van der Waals surface area (Å²) in [6, 6.07) is 13.7. The van der Waals surface area contributed by atoms with Crippen LogP contribution in [0.4, 0.5) is 16.2 Å². The number of nitrogens with one attached hydrogen (secondary N) is 3. The number of benzene rings is 2. The number of carbonyl (C=O) groups excluding carboxylic acids is 2. The van der Waals surface area contributed by atoms with Gasteiger partial charge in [-0.2, -0.15) is 0 Å². The zero-order valence-electron chi connectivity index (χ0n) is 14.8. The maximum atomic E-state index is 12.0. The van der Waals surface area contributed by atoms with Crippen molar-refractivity contribution in [3.8, 4) is 0 Å². The van der Waals surface area contributed by atoms with Crippen LogP contribution in [0, 0.1) is 0 Å². The molecule has 7 nitrogen and oxygen atoms in total. The predicted molar refractivity (Wildman–Crippen MR) is 108 cm³/mol. The smallest absolute Gasteiger partial charge is 0.319 e. The lowest BCUT2D eigenvalue weighted by molar-refractivity contribution is -0.115. The van der Waals surface area contributed by atoms with E-state index in [1.807, 2.05) is 31.3 Å². The minimum atomic E-state index is -0.467. The summed E-state index contributed by atoms with van der Waals surface area (Å²) in [5.41, 5.74) is 2.26. The average molecular weight is 386 g/mol. The Kier molecular flexibility index (Phi) is 5.93. The lowest BCUT2D eigenvalue weighted by atomic mass is 10.2. The number of hydrogen-bond donors (Lipinski definition) is 3. The first kappa shape index (κ1) is 18.7. The third-order valence-corrected chi connectivity index (χ3v) is 4.25. The topological polar surface area (TPSA) is 85.8 Å². The number of amides is 3. The van der Waals surface area contributed by atoms with Crippen LogP contribution < -0.4 is 16.0 Å². The SMILES string of the molecule is CN1CCN=C1c1ccc(NC(=O)CNC(=O)Nc2ccc(Cl)cc2)cc1. The molecule has 2 aromatic rings. The van der Waals surface area contributed by atoms with Crippen molar-refractivity contribution in [3.05, 3.63) is 59.1 Å². The van der Waals surface area contributed by atoms with Gasteiger partial charge in [-0.1, -0.05) is 11.6 Å². The molecule has 0 saturated carbocycles. The lowest BCUT2D eigenvalue weighted by Crippen LogP contribution is -2.35. The van der Waals surface area contributed by atoms with E-state index in [4.69, 9.17) is 11.6 Å². The fourth-order valence-electron chi connectivity index (χ4n) is 2.62. The molecule has 0 radical (unpaired) electrons. The number of likely N-dealkylation sites (N-methyl/N-ethyl adjacent to an activating group) is 1. The van der Waals surface area contributed by atoms with Crippen molar-refractivity contribution < 1.29 is 9.59 Å². The van der Waals surface area contributed by atoms with Gasteiger partial charge in [0.05, 0.1) is 13.1 Å². The Morgan fingerprint density at radius 2 is 1.67 bits per heavy atom. The number of nitrogens with zero attached hydrogens (tertiary/aromatic N) is 2. The van der Waals surface area contributed by atoms with Gasteiger partial charge in [0.2, 0.25) is 5.91 Å². The van der Waals surface area contributed by atoms with Crippen LogP contribution in [0.5, 0.6) is 0 Å². The van der Waals surface area contributed by atoms with Crippen molar-refractivity contribution in [3.63, 3.8) is 0 Å². The standard InChI is InChI=1S/C19H20ClN5O2/c1-25-11-10-21-18(25)13-2-6-15(7-3-13)23-17(26)12-22-19(27)24-16-8-4-14(20)5-9-16/h2-9H,10-12H2,1H3,(H,23,26)(H2,22,24,27). The Morgan fingerprint density at radius 3 is 2.30 bits per heavy atom. The molecule has 3 rings (SSSR count). The van der Waals surface area contributed by atoms with Crippen LogP contribution in [-0.2, 0) is 4.79 Å². The van der Waals surface area contributed by atoms with E-state index >= 15 is 0 Å². The molecule has 1 aliphatic rings. The Labute approximate surface area is 162 Å². The van der Waals surface area contributed by atoms with Gasteiger partial charge in [-0.15, -0.1) is 0 Å². The monoisotopic (exact) mass is 385 g/mol. The van der Waals surface area contributed by atoms with Gasteiger partial charge in [-0.05, 0) is 48.5 Å². The van der Waals surface area contributed by atoms with Crippen molar-refractivity contribution in [1.29, 1.82) is 0 Å². The molecule has 27 heavy (non-hydrogen) atoms. The number of amidine groups is 1. The van der Waals surface area contributed by atoms with Gasteiger partial charge in [-0.25, -0.2) is 4.79 Å². The zero-order valence-corrected chi connectivity index (χ0v) is 15.6. The first-order valence-corrected chi connectivity index (χ1v) is 8.85. The number of urea groups is 1. The van der Waals surface area contributed by atoms with Crippen molar-refractivity contribution in [2.24, 2.45) is 4.99 Å². The highest BCUT2D eigenvalue weighted by Crippen LogP contribution is 2.14. The second-order valence-corrected chi connectivity index (χ2v) is 6.50. The Morgan fingerprint density at radius 1 is 1.04 bits per heavy atom. The molecule has 140 valence electrons. The summed E-state index contributed by atoms with van der Waals surface area (Å²) >= 11 is 5.79. The molecule has 0 aromatic heterocycles. The van der Waals surface area contributed by atoms with E-state index in [-0.39, 0.29) is 12.5 Å². The fraction of sp³-hybridized carbons (Fsp3) is 0.211. The van der Waals surface area contributed by atoms with Gasteiger partial charge >= 0.3 is 6.03 Å². The molecule has 1 heterocycles. The van der Waals surface area contributed by atoms with Crippen molar-refractivity contribution in [2.75, 3.05) is 37.3 Å². The summed E-state index contributed by atoms with van der Waals surface area (Å²) in [6.45, 7) is 1.57. The Bertz CT molecular complexity index is 849. The molecule has 0 fully saturated rings. The Balaban J connectivity index is 1.46. The van der Waals surface area contributed by atoms with Crippen LogP contribution in [0.15, 0.2) is 53.5 Å². The lowest BCUT2D eigenvalue weighted by Gasteiger charge is -2.14. The molecule has 3 amide bonds. The van der Waals surface area contributed by atoms with E-state index in [2.05, 4.69) is 25.8 Å². The first-order chi connectivity index (χ1) is 13.0. The van der Waals surface area contributed by atoms with E-state index in [9.17, 15) is 9.59 Å². The van der Waals surface area contributed by atoms with Gasteiger partial charge < -0.3 is 20.9 Å². The van der Waals surface area contributed by atoms with Crippen LogP contribution in [0.2, 0.25) is 5.02 Å². The largest absolute Gasteiger partial charge is 0.358 e. The summed E-state index contributed by atoms with van der Waals surface area (Å²) in [5.74, 6) is 0.637. The second kappa shape index (κ2) is 8.55. The van der Waals surface area contributed by atoms with E-state index in [0.717, 1.165) is 24.5 Å². The predicted octanol–water partition coefficient (Wildman–Crippen LogP) is 2.79. The summed E-state index contributed by atoms with van der Waals surface area (Å²) in [5, 5.41) is 8.46. The van der Waals surface area contributed by atoms with Crippen molar-refractivity contribution in [2.45, 2.75) is 0 Å². The van der Waals surface area contributed by atoms with Crippen molar-refractivity contribution in [1.82, 2.24) is 10.2 Å². The highest BCUT2D eigenvalue weighted by Gasteiger charge is 2.14. The molecule has 0 saturated heterocycles. The van der Waals surface area contributed by atoms with Crippen LogP contribution in [0.1, 0.15) is 5.56 Å². The summed E-state index contributed by atoms with van der Waals surface area (Å²) in [4.78, 5) is 30.4. The summed E-state index contributed by atoms with van der Waals surface area (Å²) < 4.78 is 0. The molecule has 8 heteroatoms. The quantitative estimate of drug-likeness (QED) is 0.739. The van der Waals surface area contributed by atoms with E-state index in [0.29, 0.717) is 16.4 Å². The number of anilines is 2. The molecular formula is C19H20ClN5O2. The first-order valence-electron chi connectivity index (χ1n) is 8.47. The van der Waals surface area contributed by atoms with Gasteiger partial charge in [0.1, 0.15) is 5.84 Å². The maximum absolute atomic E-state index is 12.0. The molecule has 0 bridgehead atoms. The van der Waals surface area contributed by atoms with E-state index in [1.165, 1.54) is 0 Å². The Hall–Kier alpha value is -3.06. The number of aliphatic imine (C=N–C) groups is 1. The summed E-state index contributed by atoms with van der Waals surface area (Å²) in [6.07, 6.45) is 0. The molecule has 0 aliphatic carbocycles. The molecule has 0 unspecified atom stereocenters. The molecular weight excluding hydrogens is 366 g/mol. The normalized spacial score (nSPS) is 13.1. The third-order valence-electron chi connectivity index (χ3n) is 4.00. The molecule has 1 aliphatic heterocycles. The molecule has 0 atom stereocenters. The van der Waals surface area contributed by atoms with Gasteiger partial charge in [-0.3, -0.25) is 9.79 Å². The van der Waals surface area contributed by atoms with Crippen molar-refractivity contribution >= 4 is 40.7 Å². The fourth-order valence-corrected chi connectivity index (χ4v) is 2.75. The number of rotatable bonds is 5. The molecule has 2 aromatic carbocycles. The number of hydrogen-bond acceptors (Lipinski definition) is 4. The van der Waals surface area contributed by atoms with Crippen LogP contribution in [-0.4, -0.2) is 49.4 Å². The minimum absolute atomic E-state index is 0.142. The summed E-state index contributed by atoms with van der Waals surface area (Å²) in [7, 11) is 2.00. The van der Waals surface area contributed by atoms with E-state index in [1.54, 1.807) is 24.3 Å². The minimum Gasteiger partial charge on any atom is -0.358 e. The van der Waals surface area contributed by atoms with Crippen LogP contribution in [0.25, 0.3) is 0 Å². The van der Waals surface area contributed by atoms with Crippen LogP contribution >= 0.6 is 11.6 Å². The number of carbonyl (C=O) groups is 2. The van der Waals surface area contributed by atoms with E-state index < -0.39 is 6.03 Å². The molecule has 3 N–H and O–H groups in total. The second-order valence-electron chi connectivity index (χ2n) is 6.07. The highest BCUT2D eigenvalue weighted by atomic mass is 35.5. The third kappa shape index (κ3) is 5.21.